The van der Waals surface area contributed by atoms with Gasteiger partial charge in [-0.25, -0.2) is 0 Å². The van der Waals surface area contributed by atoms with Gasteiger partial charge in [0.2, 0.25) is 0 Å². The molecule has 0 N–H and O–H groups in total. The maximum absolute atomic E-state index is 9.53. The molecule has 0 aromatic rings. The molecule has 0 fully saturated rings. The summed E-state index contributed by atoms with van der Waals surface area (Å²) in [5, 5.41) is 36.8. The minimum atomic E-state index is 0. The van der Waals surface area contributed by atoms with E-state index in [2.05, 4.69) is 0 Å². The first-order valence-corrected chi connectivity index (χ1v) is 6.40. The van der Waals surface area contributed by atoms with Crippen molar-refractivity contribution in [2.75, 3.05) is 26.9 Å². The van der Waals surface area contributed by atoms with Crippen molar-refractivity contribution in [3.8, 4) is 0 Å². The Labute approximate surface area is 128 Å². The van der Waals surface area contributed by atoms with E-state index in [1.54, 1.807) is 0 Å². The fourth-order valence-electron chi connectivity index (χ4n) is 0.433. The van der Waals surface area contributed by atoms with Gasteiger partial charge in [-0.05, 0) is 0 Å². The normalized spacial score (nSPS) is 7.33. The van der Waals surface area contributed by atoms with Crippen molar-refractivity contribution in [2.45, 2.75) is 59.3 Å². The number of hydrogen-bond acceptors (Lipinski definition) is 4. The fraction of sp³-hybridized carbons (Fsp3) is 1.00. The summed E-state index contributed by atoms with van der Waals surface area (Å²) in [4.78, 5) is 0. The van der Waals surface area contributed by atoms with Gasteiger partial charge in [-0.2, -0.15) is 7.11 Å². The van der Waals surface area contributed by atoms with Crippen LogP contribution in [-0.4, -0.2) is 26.9 Å². The van der Waals surface area contributed by atoms with Crippen molar-refractivity contribution in [1.82, 2.24) is 0 Å². The van der Waals surface area contributed by atoms with E-state index in [0.29, 0.717) is 0 Å². The molecule has 0 atom stereocenters. The van der Waals surface area contributed by atoms with Crippen LogP contribution >= 0.6 is 0 Å². The smallest absolute Gasteiger partial charge is 0.857 e. The van der Waals surface area contributed by atoms with Crippen molar-refractivity contribution in [2.24, 2.45) is 0 Å². The molecule has 0 saturated carbocycles. The van der Waals surface area contributed by atoms with Crippen LogP contribution in [0.4, 0.5) is 0 Å². The Bertz CT molecular complexity index is 55.7. The standard InChI is InChI=1S/3C4H9O.CH3O.Ti/c3*1-2-3-4-5;1-2;/h3*2-4H2,1H3;1H3;/q4*-1;+4. The van der Waals surface area contributed by atoms with Crippen LogP contribution in [0.2, 0.25) is 0 Å². The third-order valence-corrected chi connectivity index (χ3v) is 1.49. The van der Waals surface area contributed by atoms with Crippen molar-refractivity contribution < 1.29 is 42.1 Å². The average molecular weight is 298 g/mol. The Balaban J connectivity index is -0.0000000427. The van der Waals surface area contributed by atoms with E-state index >= 15 is 0 Å². The zero-order valence-corrected chi connectivity index (χ0v) is 14.1. The van der Waals surface area contributed by atoms with E-state index in [1.165, 1.54) is 0 Å². The Morgan fingerprint density at radius 3 is 0.722 bits per heavy atom. The van der Waals surface area contributed by atoms with Gasteiger partial charge >= 0.3 is 21.7 Å². The summed E-state index contributed by atoms with van der Waals surface area (Å²) in [5.74, 6) is 0. The van der Waals surface area contributed by atoms with Crippen LogP contribution in [0.25, 0.3) is 0 Å². The molecule has 0 heterocycles. The van der Waals surface area contributed by atoms with Crippen molar-refractivity contribution in [3.05, 3.63) is 0 Å². The second-order valence-corrected chi connectivity index (χ2v) is 3.17. The van der Waals surface area contributed by atoms with Crippen LogP contribution in [0, 0.1) is 0 Å². The minimum Gasteiger partial charge on any atom is -0.857 e. The molecule has 0 aliphatic rings. The second-order valence-electron chi connectivity index (χ2n) is 3.17. The van der Waals surface area contributed by atoms with Crippen molar-refractivity contribution in [1.29, 1.82) is 0 Å². The summed E-state index contributed by atoms with van der Waals surface area (Å²) >= 11 is 0. The van der Waals surface area contributed by atoms with E-state index in [-0.39, 0.29) is 41.5 Å². The fourth-order valence-corrected chi connectivity index (χ4v) is 0.433. The topological polar surface area (TPSA) is 92.2 Å². The van der Waals surface area contributed by atoms with Crippen LogP contribution in [0.1, 0.15) is 59.3 Å². The van der Waals surface area contributed by atoms with Crippen molar-refractivity contribution >= 4 is 0 Å². The first kappa shape index (κ1) is 31.1. The Hall–Kier alpha value is 0.554. The summed E-state index contributed by atoms with van der Waals surface area (Å²) in [7, 11) is 0.750. The molecular weight excluding hydrogens is 268 g/mol. The van der Waals surface area contributed by atoms with E-state index in [4.69, 9.17) is 5.11 Å². The van der Waals surface area contributed by atoms with E-state index < -0.39 is 0 Å². The molecule has 0 bridgehead atoms. The van der Waals surface area contributed by atoms with Gasteiger partial charge in [-0.3, -0.25) is 0 Å². The summed E-state index contributed by atoms with van der Waals surface area (Å²) < 4.78 is 0. The molecule has 0 aliphatic carbocycles. The Morgan fingerprint density at radius 2 is 0.722 bits per heavy atom. The van der Waals surface area contributed by atoms with Crippen LogP contribution in [0.15, 0.2) is 0 Å². The third kappa shape index (κ3) is 93.2. The molecule has 110 valence electrons. The molecule has 0 rings (SSSR count). The van der Waals surface area contributed by atoms with Gasteiger partial charge in [-0.15, -0.1) is 19.8 Å². The molecule has 5 heteroatoms. The first-order chi connectivity index (χ1) is 8.24. The molecule has 4 nitrogen and oxygen atoms in total. The number of rotatable bonds is 6. The molecule has 0 aromatic heterocycles. The third-order valence-electron chi connectivity index (χ3n) is 1.49. The predicted molar refractivity (Wildman–Crippen MR) is 65.2 cm³/mol. The summed E-state index contributed by atoms with van der Waals surface area (Å²) in [6.07, 6.45) is 5.59. The maximum atomic E-state index is 9.53. The quantitative estimate of drug-likeness (QED) is 0.613. The number of unbranched alkanes of at least 4 members (excludes halogenated alkanes) is 3. The van der Waals surface area contributed by atoms with Gasteiger partial charge in [0.25, 0.3) is 0 Å². The molecule has 0 unspecified atom stereocenters. The second kappa shape index (κ2) is 52.7. The molecule has 0 spiro atoms. The molecule has 0 amide bonds. The van der Waals surface area contributed by atoms with Crippen LogP contribution in [-0.2, 0) is 21.7 Å². The van der Waals surface area contributed by atoms with Gasteiger partial charge in [0.1, 0.15) is 0 Å². The molecule has 0 aromatic carbocycles. The summed E-state index contributed by atoms with van der Waals surface area (Å²) in [6.45, 7) is 6.32. The van der Waals surface area contributed by atoms with Gasteiger partial charge in [-0.1, -0.05) is 59.3 Å². The molecule has 18 heavy (non-hydrogen) atoms. The molecule has 0 saturated heterocycles. The van der Waals surface area contributed by atoms with E-state index in [0.717, 1.165) is 45.6 Å². The number of hydrogen-bond donors (Lipinski definition) is 0. The van der Waals surface area contributed by atoms with Gasteiger partial charge in [0.15, 0.2) is 0 Å². The average Bonchev–Trinajstić information content (AvgIpc) is 2.36. The SMILES string of the molecule is CCCC[O-].CCCC[O-].CCCC[O-].C[O-].[Ti+4]. The Kier molecular flexibility index (Phi) is 91.1. The molecule has 0 aliphatic heterocycles. The zero-order valence-electron chi connectivity index (χ0n) is 12.5. The van der Waals surface area contributed by atoms with Crippen molar-refractivity contribution in [3.63, 3.8) is 0 Å². The molecule has 0 radical (unpaired) electrons. The zero-order chi connectivity index (χ0) is 14.4. The van der Waals surface area contributed by atoms with Gasteiger partial charge < -0.3 is 20.4 Å². The monoisotopic (exact) mass is 298 g/mol. The minimum absolute atomic E-state index is 0. The largest absolute Gasteiger partial charge is 4.00 e. The summed E-state index contributed by atoms with van der Waals surface area (Å²) in [5.41, 5.74) is 0. The maximum Gasteiger partial charge on any atom is 4.00 e. The van der Waals surface area contributed by atoms with E-state index in [1.807, 2.05) is 20.8 Å². The van der Waals surface area contributed by atoms with Crippen LogP contribution in [0.5, 0.6) is 0 Å². The first-order valence-electron chi connectivity index (χ1n) is 6.40. The van der Waals surface area contributed by atoms with Gasteiger partial charge in [0.05, 0.1) is 0 Å². The predicted octanol–water partition coefficient (Wildman–Crippen LogP) is -0.586. The van der Waals surface area contributed by atoms with Gasteiger partial charge in [0, 0.05) is 0 Å². The van der Waals surface area contributed by atoms with E-state index in [9.17, 15) is 15.3 Å². The van der Waals surface area contributed by atoms with Crippen LogP contribution < -0.4 is 20.4 Å². The van der Waals surface area contributed by atoms with Crippen LogP contribution in [0.3, 0.4) is 0 Å². The summed E-state index contributed by atoms with van der Waals surface area (Å²) in [6, 6.07) is 0. The molecular formula is C13H30O4Ti. The Morgan fingerprint density at radius 1 is 0.556 bits per heavy atom.